The van der Waals surface area contributed by atoms with Crippen LogP contribution in [0.3, 0.4) is 0 Å². The van der Waals surface area contributed by atoms with Crippen molar-refractivity contribution in [3.05, 3.63) is 265 Å². The van der Waals surface area contributed by atoms with Gasteiger partial charge in [-0.05, 0) is 122 Å². The predicted molar refractivity (Wildman–Crippen MR) is 256 cm³/mol. The Kier molecular flexibility index (Phi) is 8.11. The molecule has 0 unspecified atom stereocenters. The van der Waals surface area contributed by atoms with Crippen LogP contribution >= 0.6 is 0 Å². The zero-order valence-corrected chi connectivity index (χ0v) is 33.5. The Labute approximate surface area is 355 Å². The van der Waals surface area contributed by atoms with Gasteiger partial charge in [0.1, 0.15) is 0 Å². The van der Waals surface area contributed by atoms with E-state index in [0.29, 0.717) is 0 Å². The second-order valence-electron chi connectivity index (χ2n) is 16.1. The third-order valence-electron chi connectivity index (χ3n) is 12.8. The SMILES string of the molecule is c1ccc(-c2ccc(N(c3ccc4c(c3)C(c3ccccc3)(c3ccccc3)c3cc5ccccc5cc3-4)c3ccc4c5ccccc5n(-c5ccccc5)c4c3)cc2)cc1. The first-order chi connectivity index (χ1) is 30.3. The molecule has 1 heterocycles. The number of para-hydroxylation sites is 2. The molecule has 0 N–H and O–H groups in total. The van der Waals surface area contributed by atoms with Crippen LogP contribution in [0.5, 0.6) is 0 Å². The smallest absolute Gasteiger partial charge is 0.0714 e. The van der Waals surface area contributed by atoms with Gasteiger partial charge in [0.25, 0.3) is 0 Å². The molecule has 1 aliphatic carbocycles. The molecular formula is C59H40N2. The average Bonchev–Trinajstić information content (AvgIpc) is 3.81. The monoisotopic (exact) mass is 776 g/mol. The number of benzene rings is 10. The molecule has 0 saturated heterocycles. The van der Waals surface area contributed by atoms with E-state index in [9.17, 15) is 0 Å². The van der Waals surface area contributed by atoms with Crippen LogP contribution in [-0.2, 0) is 5.41 Å². The topological polar surface area (TPSA) is 8.17 Å². The van der Waals surface area contributed by atoms with Crippen molar-refractivity contribution in [2.24, 2.45) is 0 Å². The molecule has 10 aromatic carbocycles. The first-order valence-corrected chi connectivity index (χ1v) is 21.1. The van der Waals surface area contributed by atoms with E-state index < -0.39 is 5.41 Å². The van der Waals surface area contributed by atoms with Gasteiger partial charge in [0.15, 0.2) is 0 Å². The van der Waals surface area contributed by atoms with E-state index in [1.807, 2.05) is 0 Å². The number of nitrogens with zero attached hydrogens (tertiary/aromatic N) is 2. The molecule has 0 spiro atoms. The molecule has 0 aliphatic heterocycles. The zero-order chi connectivity index (χ0) is 40.3. The normalized spacial score (nSPS) is 12.7. The van der Waals surface area contributed by atoms with Gasteiger partial charge in [-0.2, -0.15) is 0 Å². The molecule has 0 fully saturated rings. The van der Waals surface area contributed by atoms with Gasteiger partial charge < -0.3 is 9.47 Å². The lowest BCUT2D eigenvalue weighted by atomic mass is 9.67. The van der Waals surface area contributed by atoms with Crippen molar-refractivity contribution >= 4 is 49.6 Å². The lowest BCUT2D eigenvalue weighted by Crippen LogP contribution is -2.28. The van der Waals surface area contributed by atoms with E-state index in [4.69, 9.17) is 0 Å². The highest BCUT2D eigenvalue weighted by Crippen LogP contribution is 2.58. The van der Waals surface area contributed by atoms with Crippen LogP contribution in [0, 0.1) is 0 Å². The van der Waals surface area contributed by atoms with Crippen LogP contribution in [0.1, 0.15) is 22.3 Å². The molecule has 0 amide bonds. The van der Waals surface area contributed by atoms with Crippen molar-refractivity contribution in [2.75, 3.05) is 4.90 Å². The van der Waals surface area contributed by atoms with E-state index >= 15 is 0 Å². The van der Waals surface area contributed by atoms with Crippen LogP contribution in [-0.4, -0.2) is 4.57 Å². The van der Waals surface area contributed by atoms with E-state index in [1.165, 1.54) is 77.1 Å². The summed E-state index contributed by atoms with van der Waals surface area (Å²) < 4.78 is 2.41. The van der Waals surface area contributed by atoms with Crippen LogP contribution < -0.4 is 4.90 Å². The minimum absolute atomic E-state index is 0.556. The minimum atomic E-state index is -0.556. The summed E-state index contributed by atoms with van der Waals surface area (Å²) in [4.78, 5) is 2.45. The summed E-state index contributed by atoms with van der Waals surface area (Å²) in [6, 6.07) is 89.2. The van der Waals surface area contributed by atoms with Gasteiger partial charge in [-0.3, -0.25) is 0 Å². The Morgan fingerprint density at radius 3 is 1.54 bits per heavy atom. The van der Waals surface area contributed by atoms with Crippen molar-refractivity contribution in [1.29, 1.82) is 0 Å². The standard InChI is InChI=1S/C59H40N2/c1-5-17-41(18-6-1)42-29-31-48(32-30-42)60(50-34-36-53-52-27-15-16-28-57(52)61(58(53)40-50)47-25-11-4-12-26-47)49-33-35-51-54-37-43-19-13-14-20-44(43)38-55(54)59(56(51)39-49,45-21-7-2-8-22-45)46-23-9-3-10-24-46/h1-40H. The summed E-state index contributed by atoms with van der Waals surface area (Å²) in [5.41, 5.74) is 16.2. The van der Waals surface area contributed by atoms with Crippen LogP contribution in [0.15, 0.2) is 243 Å². The van der Waals surface area contributed by atoms with Crippen LogP contribution in [0.2, 0.25) is 0 Å². The maximum atomic E-state index is 2.47. The van der Waals surface area contributed by atoms with Gasteiger partial charge in [0.05, 0.1) is 16.4 Å². The lowest BCUT2D eigenvalue weighted by molar-refractivity contribution is 0.769. The lowest BCUT2D eigenvalue weighted by Gasteiger charge is -2.35. The number of rotatable bonds is 7. The summed E-state index contributed by atoms with van der Waals surface area (Å²) in [6.45, 7) is 0. The van der Waals surface area contributed by atoms with Crippen LogP contribution in [0.4, 0.5) is 17.1 Å². The van der Waals surface area contributed by atoms with Crippen molar-refractivity contribution < 1.29 is 0 Å². The van der Waals surface area contributed by atoms with E-state index in [2.05, 4.69) is 252 Å². The van der Waals surface area contributed by atoms with E-state index in [0.717, 1.165) is 22.7 Å². The molecule has 1 aliphatic rings. The number of anilines is 3. The molecule has 11 aromatic rings. The number of fused-ring (bicyclic) bond motifs is 7. The van der Waals surface area contributed by atoms with E-state index in [1.54, 1.807) is 0 Å². The van der Waals surface area contributed by atoms with Crippen molar-refractivity contribution in [1.82, 2.24) is 4.57 Å². The summed E-state index contributed by atoms with van der Waals surface area (Å²) in [7, 11) is 0. The minimum Gasteiger partial charge on any atom is -0.310 e. The van der Waals surface area contributed by atoms with Gasteiger partial charge in [-0.15, -0.1) is 0 Å². The molecular weight excluding hydrogens is 737 g/mol. The molecule has 61 heavy (non-hydrogen) atoms. The van der Waals surface area contributed by atoms with Crippen molar-refractivity contribution in [3.8, 4) is 27.9 Å². The quantitative estimate of drug-likeness (QED) is 0.156. The Hall–Kier alpha value is -7.94. The third-order valence-corrected chi connectivity index (χ3v) is 12.8. The maximum absolute atomic E-state index is 2.47. The van der Waals surface area contributed by atoms with Gasteiger partial charge >= 0.3 is 0 Å². The third kappa shape index (κ3) is 5.50. The maximum Gasteiger partial charge on any atom is 0.0714 e. The predicted octanol–water partition coefficient (Wildman–Crippen LogP) is 15.4. The van der Waals surface area contributed by atoms with Crippen molar-refractivity contribution in [3.63, 3.8) is 0 Å². The van der Waals surface area contributed by atoms with Crippen LogP contribution in [0.25, 0.3) is 60.5 Å². The summed E-state index contributed by atoms with van der Waals surface area (Å²) in [5.74, 6) is 0. The zero-order valence-electron chi connectivity index (χ0n) is 33.5. The van der Waals surface area contributed by atoms with Gasteiger partial charge in [-0.1, -0.05) is 176 Å². The Balaban J connectivity index is 1.14. The molecule has 286 valence electrons. The molecule has 0 bridgehead atoms. The first kappa shape index (κ1) is 35.0. The highest BCUT2D eigenvalue weighted by atomic mass is 15.1. The van der Waals surface area contributed by atoms with E-state index in [-0.39, 0.29) is 0 Å². The molecule has 0 atom stereocenters. The largest absolute Gasteiger partial charge is 0.310 e. The molecule has 12 rings (SSSR count). The first-order valence-electron chi connectivity index (χ1n) is 21.1. The van der Waals surface area contributed by atoms with Gasteiger partial charge in [0.2, 0.25) is 0 Å². The number of hydrogen-bond donors (Lipinski definition) is 0. The highest BCUT2D eigenvalue weighted by Gasteiger charge is 2.46. The fourth-order valence-corrected chi connectivity index (χ4v) is 10.1. The summed E-state index contributed by atoms with van der Waals surface area (Å²) >= 11 is 0. The average molecular weight is 777 g/mol. The number of aromatic nitrogens is 1. The van der Waals surface area contributed by atoms with Crippen molar-refractivity contribution in [2.45, 2.75) is 5.41 Å². The Morgan fingerprint density at radius 2 is 0.836 bits per heavy atom. The molecule has 2 heteroatoms. The fraction of sp³-hybridized carbons (Fsp3) is 0.0169. The molecule has 2 nitrogen and oxygen atoms in total. The van der Waals surface area contributed by atoms with Gasteiger partial charge in [-0.25, -0.2) is 0 Å². The number of hydrogen-bond acceptors (Lipinski definition) is 1. The second kappa shape index (κ2) is 14.1. The second-order valence-corrected chi connectivity index (χ2v) is 16.1. The Morgan fingerprint density at radius 1 is 0.328 bits per heavy atom. The molecule has 0 saturated carbocycles. The van der Waals surface area contributed by atoms with Gasteiger partial charge in [0, 0.05) is 33.5 Å². The summed E-state index contributed by atoms with van der Waals surface area (Å²) in [5, 5.41) is 4.96. The summed E-state index contributed by atoms with van der Waals surface area (Å²) in [6.07, 6.45) is 0. The molecule has 1 aromatic heterocycles. The Bertz CT molecular complexity index is 3350. The molecule has 0 radical (unpaired) electrons. The highest BCUT2D eigenvalue weighted by molar-refractivity contribution is 6.10. The fourth-order valence-electron chi connectivity index (χ4n) is 10.1.